The van der Waals surface area contributed by atoms with Crippen LogP contribution in [-0.2, 0) is 23.7 Å². The molecule has 14 atom stereocenters. The van der Waals surface area contributed by atoms with Gasteiger partial charge in [0.25, 0.3) is 0 Å². The van der Waals surface area contributed by atoms with Gasteiger partial charge in [0.15, 0.2) is 18.9 Å². The van der Waals surface area contributed by atoms with E-state index in [1.807, 2.05) is 0 Å². The molecule has 0 radical (unpaired) electrons. The number of aliphatic hydroxyl groups is 10. The van der Waals surface area contributed by atoms with E-state index in [0.717, 1.165) is 0 Å². The molecule has 3 aliphatic rings. The first kappa shape index (κ1) is 27.0. The first-order valence-electron chi connectivity index (χ1n) is 10.5. The predicted octanol–water partition coefficient (Wildman–Crippen LogP) is -6.54. The second-order valence-electron chi connectivity index (χ2n) is 8.28. The van der Waals surface area contributed by atoms with Crippen LogP contribution in [0.25, 0.3) is 0 Å². The molecular formula is C18H32O15. The van der Waals surface area contributed by atoms with Crippen LogP contribution >= 0.6 is 0 Å². The van der Waals surface area contributed by atoms with E-state index >= 15 is 0 Å². The quantitative estimate of drug-likeness (QED) is 0.160. The lowest BCUT2D eigenvalue weighted by molar-refractivity contribution is -0.354. The summed E-state index contributed by atoms with van der Waals surface area (Å²) in [6, 6.07) is 0. The summed E-state index contributed by atoms with van der Waals surface area (Å²) in [5.41, 5.74) is 0. The van der Waals surface area contributed by atoms with Crippen LogP contribution in [0.1, 0.15) is 6.42 Å². The van der Waals surface area contributed by atoms with Gasteiger partial charge in [-0.15, -0.1) is 0 Å². The van der Waals surface area contributed by atoms with Gasteiger partial charge < -0.3 is 74.7 Å². The van der Waals surface area contributed by atoms with Crippen molar-refractivity contribution < 1.29 is 74.7 Å². The molecule has 15 nitrogen and oxygen atoms in total. The lowest BCUT2D eigenvalue weighted by Gasteiger charge is -2.45. The van der Waals surface area contributed by atoms with Crippen molar-refractivity contribution in [3.8, 4) is 0 Å². The Kier molecular flexibility index (Phi) is 9.35. The molecule has 3 heterocycles. The van der Waals surface area contributed by atoms with E-state index in [4.69, 9.17) is 23.7 Å². The van der Waals surface area contributed by atoms with Crippen LogP contribution in [0.15, 0.2) is 0 Å². The molecule has 3 fully saturated rings. The van der Waals surface area contributed by atoms with E-state index in [1.165, 1.54) is 0 Å². The molecule has 0 bridgehead atoms. The molecule has 0 aromatic heterocycles. The molecule has 0 saturated carbocycles. The van der Waals surface area contributed by atoms with Crippen molar-refractivity contribution in [1.29, 1.82) is 0 Å². The molecule has 3 rings (SSSR count). The van der Waals surface area contributed by atoms with E-state index in [2.05, 4.69) is 0 Å². The smallest absolute Gasteiger partial charge is 0.186 e. The fourth-order valence-electron chi connectivity index (χ4n) is 3.91. The lowest BCUT2D eigenvalue weighted by atomic mass is 9.97. The van der Waals surface area contributed by atoms with Gasteiger partial charge in [-0.25, -0.2) is 0 Å². The van der Waals surface area contributed by atoms with Crippen LogP contribution in [0.4, 0.5) is 0 Å². The van der Waals surface area contributed by atoms with E-state index < -0.39 is 106 Å². The van der Waals surface area contributed by atoms with Gasteiger partial charge >= 0.3 is 0 Å². The van der Waals surface area contributed by atoms with Crippen LogP contribution in [0.2, 0.25) is 0 Å². The Morgan fingerprint density at radius 3 is 1.97 bits per heavy atom. The lowest BCUT2D eigenvalue weighted by Crippen LogP contribution is -2.63. The normalized spacial score (nSPS) is 51.5. The molecule has 15 heteroatoms. The predicted molar refractivity (Wildman–Crippen MR) is 99.9 cm³/mol. The van der Waals surface area contributed by atoms with E-state index in [0.29, 0.717) is 0 Å². The maximum Gasteiger partial charge on any atom is 0.186 e. The zero-order valence-corrected chi connectivity index (χ0v) is 17.4. The third kappa shape index (κ3) is 5.80. The first-order chi connectivity index (χ1) is 15.6. The molecule has 0 amide bonds. The Hall–Kier alpha value is -0.600. The molecule has 33 heavy (non-hydrogen) atoms. The van der Waals surface area contributed by atoms with Crippen LogP contribution in [0, 0.1) is 0 Å². The Morgan fingerprint density at radius 1 is 0.636 bits per heavy atom. The average Bonchev–Trinajstić information content (AvgIpc) is 2.80. The van der Waals surface area contributed by atoms with Crippen molar-refractivity contribution in [2.24, 2.45) is 0 Å². The van der Waals surface area contributed by atoms with Gasteiger partial charge in [0.1, 0.15) is 54.9 Å². The molecule has 10 N–H and O–H groups in total. The van der Waals surface area contributed by atoms with Crippen LogP contribution in [-0.4, -0.2) is 157 Å². The summed E-state index contributed by atoms with van der Waals surface area (Å²) >= 11 is 0. The highest BCUT2D eigenvalue weighted by atomic mass is 16.7. The van der Waals surface area contributed by atoms with Crippen molar-refractivity contribution in [3.63, 3.8) is 0 Å². The number of ether oxygens (including phenoxy) is 5. The molecule has 0 aromatic carbocycles. The molecule has 0 aromatic rings. The number of hydrogen-bond acceptors (Lipinski definition) is 15. The molecule has 3 saturated heterocycles. The maximum atomic E-state index is 10.6. The minimum Gasteiger partial charge on any atom is -0.394 e. The van der Waals surface area contributed by atoms with Gasteiger partial charge in [0, 0.05) is 6.42 Å². The molecule has 0 unspecified atom stereocenters. The largest absolute Gasteiger partial charge is 0.394 e. The topological polar surface area (TPSA) is 248 Å². The van der Waals surface area contributed by atoms with Crippen LogP contribution < -0.4 is 0 Å². The third-order valence-corrected chi connectivity index (χ3v) is 5.93. The molecule has 3 aliphatic heterocycles. The van der Waals surface area contributed by atoms with E-state index in [9.17, 15) is 51.1 Å². The minimum atomic E-state index is -1.87. The van der Waals surface area contributed by atoms with Crippen molar-refractivity contribution >= 4 is 0 Å². The Labute approximate surface area is 187 Å². The molecular weight excluding hydrogens is 456 g/mol. The van der Waals surface area contributed by atoms with Crippen molar-refractivity contribution in [2.45, 2.75) is 92.4 Å². The van der Waals surface area contributed by atoms with E-state index in [1.54, 1.807) is 0 Å². The highest BCUT2D eigenvalue weighted by Gasteiger charge is 2.50. The van der Waals surface area contributed by atoms with Gasteiger partial charge in [-0.05, 0) is 0 Å². The molecule has 194 valence electrons. The van der Waals surface area contributed by atoms with Crippen molar-refractivity contribution in [3.05, 3.63) is 0 Å². The standard InChI is InChI=1S/C18H32O15/c19-2-5-1-6(21)9(22)18(30-5)33-15-11(24)8(31-16(28)14(15)27)4-29-17-13(26)12(25)10(23)7(3-20)32-17/h5-28H,1-4H2/t5-,6-,7+,8+,9-,10+,11+,12-,13-,14-,15-,16-,17-,18+/m0/s1. The number of hydrogen-bond donors (Lipinski definition) is 10. The summed E-state index contributed by atoms with van der Waals surface area (Å²) in [5, 5.41) is 99.1. The zero-order valence-electron chi connectivity index (χ0n) is 17.4. The van der Waals surface area contributed by atoms with E-state index in [-0.39, 0.29) is 6.42 Å². The summed E-state index contributed by atoms with van der Waals surface area (Å²) in [6.07, 6.45) is -21.5. The SMILES string of the molecule is OC[C@@H]1C[C@H](O)[C@H](O)[C@@H](O[C@@H]2[C@H](O)[C@@H](O)O[C@H](CO[C@H]3O[C@H](CO)[C@@H](O)[C@H](O)[C@@H]3O)[C@H]2O)O1. The van der Waals surface area contributed by atoms with Crippen molar-refractivity contribution in [2.75, 3.05) is 19.8 Å². The Morgan fingerprint density at radius 2 is 1.33 bits per heavy atom. The maximum absolute atomic E-state index is 10.6. The number of rotatable bonds is 7. The van der Waals surface area contributed by atoms with Crippen LogP contribution in [0.5, 0.6) is 0 Å². The summed E-state index contributed by atoms with van der Waals surface area (Å²) < 4.78 is 26.3. The highest BCUT2D eigenvalue weighted by molar-refractivity contribution is 4.93. The van der Waals surface area contributed by atoms with Gasteiger partial charge in [0.05, 0.1) is 32.0 Å². The summed E-state index contributed by atoms with van der Waals surface area (Å²) in [4.78, 5) is 0. The highest BCUT2D eigenvalue weighted by Crippen LogP contribution is 2.29. The minimum absolute atomic E-state index is 0.0748. The zero-order chi connectivity index (χ0) is 24.4. The summed E-state index contributed by atoms with van der Waals surface area (Å²) in [6.45, 7) is -1.73. The Bertz CT molecular complexity index is 609. The van der Waals surface area contributed by atoms with Gasteiger partial charge in [0.2, 0.25) is 0 Å². The molecule has 0 aliphatic carbocycles. The van der Waals surface area contributed by atoms with Crippen molar-refractivity contribution in [1.82, 2.24) is 0 Å². The number of aliphatic hydroxyl groups excluding tert-OH is 10. The monoisotopic (exact) mass is 488 g/mol. The molecule has 0 spiro atoms. The summed E-state index contributed by atoms with van der Waals surface area (Å²) in [7, 11) is 0. The fourth-order valence-corrected chi connectivity index (χ4v) is 3.91. The first-order valence-corrected chi connectivity index (χ1v) is 10.5. The Balaban J connectivity index is 1.64. The van der Waals surface area contributed by atoms with Gasteiger partial charge in [-0.3, -0.25) is 0 Å². The summed E-state index contributed by atoms with van der Waals surface area (Å²) in [5.74, 6) is 0. The third-order valence-electron chi connectivity index (χ3n) is 5.93. The average molecular weight is 488 g/mol. The second-order valence-corrected chi connectivity index (χ2v) is 8.28. The van der Waals surface area contributed by atoms with Gasteiger partial charge in [-0.2, -0.15) is 0 Å². The van der Waals surface area contributed by atoms with Crippen LogP contribution in [0.3, 0.4) is 0 Å². The fraction of sp³-hybridized carbons (Fsp3) is 1.00. The second kappa shape index (κ2) is 11.4. The van der Waals surface area contributed by atoms with Gasteiger partial charge in [-0.1, -0.05) is 0 Å².